The van der Waals surface area contributed by atoms with Gasteiger partial charge in [0.25, 0.3) is 0 Å². The minimum absolute atomic E-state index is 0.384. The molecule has 1 fully saturated rings. The summed E-state index contributed by atoms with van der Waals surface area (Å²) in [5.41, 5.74) is 13.4. The summed E-state index contributed by atoms with van der Waals surface area (Å²) in [4.78, 5) is 6.64. The highest BCUT2D eigenvalue weighted by Crippen LogP contribution is 2.35. The van der Waals surface area contributed by atoms with E-state index in [4.69, 9.17) is 11.5 Å². The molecule has 19 heavy (non-hydrogen) atoms. The third-order valence-corrected chi connectivity index (χ3v) is 4.41. The molecule has 1 saturated carbocycles. The quantitative estimate of drug-likeness (QED) is 0.706. The van der Waals surface area contributed by atoms with Crippen LogP contribution in [0.2, 0.25) is 0 Å². The molecular formula is C14H27N5. The highest BCUT2D eigenvalue weighted by Gasteiger charge is 2.39. The summed E-state index contributed by atoms with van der Waals surface area (Å²) >= 11 is 0. The molecule has 1 unspecified atom stereocenters. The fraction of sp³-hybridized carbons (Fsp3) is 0.786. The van der Waals surface area contributed by atoms with Crippen molar-refractivity contribution in [3.05, 3.63) is 11.4 Å². The van der Waals surface area contributed by atoms with Crippen LogP contribution < -0.4 is 16.8 Å². The van der Waals surface area contributed by atoms with Gasteiger partial charge in [0, 0.05) is 31.8 Å². The zero-order valence-electron chi connectivity index (χ0n) is 12.3. The van der Waals surface area contributed by atoms with Crippen molar-refractivity contribution in [3.8, 4) is 0 Å². The van der Waals surface area contributed by atoms with E-state index in [0.29, 0.717) is 11.8 Å². The fourth-order valence-corrected chi connectivity index (χ4v) is 3.10. The predicted octanol–water partition coefficient (Wildman–Crippen LogP) is 0.831. The molecule has 0 spiro atoms. The van der Waals surface area contributed by atoms with Crippen LogP contribution in [0.4, 0.5) is 0 Å². The van der Waals surface area contributed by atoms with E-state index in [2.05, 4.69) is 22.1 Å². The topological polar surface area (TPSA) is 79.7 Å². The molecule has 0 bridgehead atoms. The van der Waals surface area contributed by atoms with Gasteiger partial charge in [-0.15, -0.1) is 0 Å². The van der Waals surface area contributed by atoms with Crippen LogP contribution in [0.25, 0.3) is 0 Å². The highest BCUT2D eigenvalue weighted by atomic mass is 15.4. The molecule has 2 rings (SSSR count). The number of rotatable bonds is 3. The zero-order valence-corrected chi connectivity index (χ0v) is 12.3. The molecule has 108 valence electrons. The Bertz CT molecular complexity index is 379. The minimum atomic E-state index is -0.654. The van der Waals surface area contributed by atoms with Gasteiger partial charge in [0.1, 0.15) is 5.82 Å². The Morgan fingerprint density at radius 1 is 1.37 bits per heavy atom. The van der Waals surface area contributed by atoms with Crippen molar-refractivity contribution < 1.29 is 0 Å². The van der Waals surface area contributed by atoms with Gasteiger partial charge in [0.2, 0.25) is 0 Å². The summed E-state index contributed by atoms with van der Waals surface area (Å²) in [5, 5.41) is 3.44. The van der Waals surface area contributed by atoms with Crippen LogP contribution in [-0.2, 0) is 0 Å². The van der Waals surface area contributed by atoms with Crippen molar-refractivity contribution in [2.45, 2.75) is 38.4 Å². The molecule has 1 aliphatic carbocycles. The average molecular weight is 265 g/mol. The van der Waals surface area contributed by atoms with E-state index in [0.717, 1.165) is 43.6 Å². The SMILES string of the molecule is CC1=C(N(C)C)NC(N)(C2CCC(CN)CC2)N=C1. The Morgan fingerprint density at radius 2 is 2.00 bits per heavy atom. The summed E-state index contributed by atoms with van der Waals surface area (Å²) < 4.78 is 0. The molecule has 0 radical (unpaired) electrons. The first-order valence-corrected chi connectivity index (χ1v) is 7.17. The van der Waals surface area contributed by atoms with E-state index in [9.17, 15) is 0 Å². The van der Waals surface area contributed by atoms with Crippen LogP contribution in [0.5, 0.6) is 0 Å². The zero-order chi connectivity index (χ0) is 14.0. The van der Waals surface area contributed by atoms with Crippen molar-refractivity contribution in [2.24, 2.45) is 28.3 Å². The van der Waals surface area contributed by atoms with E-state index >= 15 is 0 Å². The minimum Gasteiger partial charge on any atom is -0.364 e. The van der Waals surface area contributed by atoms with E-state index in [1.165, 1.54) is 0 Å². The fourth-order valence-electron chi connectivity index (χ4n) is 3.10. The van der Waals surface area contributed by atoms with Crippen LogP contribution in [0.1, 0.15) is 32.6 Å². The molecule has 0 aromatic carbocycles. The number of hydrogen-bond donors (Lipinski definition) is 3. The number of nitrogens with one attached hydrogen (secondary N) is 1. The molecule has 1 aliphatic heterocycles. The van der Waals surface area contributed by atoms with E-state index in [-0.39, 0.29) is 0 Å². The van der Waals surface area contributed by atoms with E-state index < -0.39 is 5.79 Å². The first-order valence-electron chi connectivity index (χ1n) is 7.17. The number of nitrogens with two attached hydrogens (primary N) is 2. The second-order valence-electron chi connectivity index (χ2n) is 6.09. The van der Waals surface area contributed by atoms with Crippen LogP contribution in [-0.4, -0.2) is 37.5 Å². The van der Waals surface area contributed by atoms with Gasteiger partial charge in [-0.3, -0.25) is 10.7 Å². The maximum absolute atomic E-state index is 6.51. The van der Waals surface area contributed by atoms with Gasteiger partial charge >= 0.3 is 0 Å². The molecule has 0 aromatic rings. The van der Waals surface area contributed by atoms with Crippen molar-refractivity contribution >= 4 is 6.21 Å². The second kappa shape index (κ2) is 5.51. The Kier molecular flexibility index (Phi) is 4.16. The van der Waals surface area contributed by atoms with Gasteiger partial charge in [0.05, 0.1) is 0 Å². The molecule has 5 N–H and O–H groups in total. The smallest absolute Gasteiger partial charge is 0.186 e. The number of hydrogen-bond acceptors (Lipinski definition) is 5. The highest BCUT2D eigenvalue weighted by molar-refractivity contribution is 5.80. The normalized spacial score (nSPS) is 35.2. The maximum atomic E-state index is 6.51. The molecule has 1 heterocycles. The van der Waals surface area contributed by atoms with Crippen molar-refractivity contribution in [3.63, 3.8) is 0 Å². The molecule has 0 saturated heterocycles. The summed E-state index contributed by atoms with van der Waals surface area (Å²) in [7, 11) is 4.05. The lowest BCUT2D eigenvalue weighted by atomic mass is 9.78. The molecule has 0 aromatic heterocycles. The van der Waals surface area contributed by atoms with Crippen molar-refractivity contribution in [2.75, 3.05) is 20.6 Å². The molecular weight excluding hydrogens is 238 g/mol. The molecule has 1 atom stereocenters. The Balaban J connectivity index is 2.07. The first-order chi connectivity index (χ1) is 8.96. The summed E-state index contributed by atoms with van der Waals surface area (Å²) in [6.45, 7) is 2.85. The van der Waals surface area contributed by atoms with Gasteiger partial charge < -0.3 is 16.0 Å². The van der Waals surface area contributed by atoms with Gasteiger partial charge in [-0.05, 0) is 45.1 Å². The number of allylic oxidation sites excluding steroid dienone is 1. The average Bonchev–Trinajstić information content (AvgIpc) is 2.41. The van der Waals surface area contributed by atoms with Crippen LogP contribution in [0, 0.1) is 11.8 Å². The van der Waals surface area contributed by atoms with Gasteiger partial charge in [0.15, 0.2) is 5.79 Å². The van der Waals surface area contributed by atoms with E-state index in [1.807, 2.05) is 20.3 Å². The lowest BCUT2D eigenvalue weighted by molar-refractivity contribution is 0.148. The Hall–Kier alpha value is -1.07. The predicted molar refractivity (Wildman–Crippen MR) is 79.4 cm³/mol. The monoisotopic (exact) mass is 265 g/mol. The largest absolute Gasteiger partial charge is 0.364 e. The summed E-state index contributed by atoms with van der Waals surface area (Å²) in [6.07, 6.45) is 6.43. The molecule has 0 amide bonds. The Labute approximate surface area is 116 Å². The van der Waals surface area contributed by atoms with Crippen molar-refractivity contribution in [1.82, 2.24) is 10.2 Å². The van der Waals surface area contributed by atoms with Gasteiger partial charge in [-0.2, -0.15) is 0 Å². The summed E-state index contributed by atoms with van der Waals surface area (Å²) in [5.74, 6) is 1.46. The maximum Gasteiger partial charge on any atom is 0.186 e. The number of nitrogens with zero attached hydrogens (tertiary/aromatic N) is 2. The van der Waals surface area contributed by atoms with Crippen molar-refractivity contribution in [1.29, 1.82) is 0 Å². The lowest BCUT2D eigenvalue weighted by Gasteiger charge is -2.42. The standard InChI is InChI=1S/C14H27N5/c1-10-9-17-14(16,18-13(10)19(2)3)12-6-4-11(8-15)5-7-12/h9,11-12,18H,4-8,15-16H2,1-3H3. The third-order valence-electron chi connectivity index (χ3n) is 4.41. The van der Waals surface area contributed by atoms with Crippen LogP contribution >= 0.6 is 0 Å². The molecule has 5 nitrogen and oxygen atoms in total. The summed E-state index contributed by atoms with van der Waals surface area (Å²) in [6, 6.07) is 0. The van der Waals surface area contributed by atoms with Crippen LogP contribution in [0.15, 0.2) is 16.4 Å². The van der Waals surface area contributed by atoms with E-state index in [1.54, 1.807) is 0 Å². The Morgan fingerprint density at radius 3 is 2.53 bits per heavy atom. The third kappa shape index (κ3) is 2.92. The molecule has 5 heteroatoms. The molecule has 2 aliphatic rings. The number of aliphatic imine (C=N–C) groups is 1. The first kappa shape index (κ1) is 14.3. The lowest BCUT2D eigenvalue weighted by Crippen LogP contribution is -2.60. The van der Waals surface area contributed by atoms with Gasteiger partial charge in [-0.25, -0.2) is 0 Å². The van der Waals surface area contributed by atoms with Gasteiger partial charge in [-0.1, -0.05) is 0 Å². The second-order valence-corrected chi connectivity index (χ2v) is 6.09. The van der Waals surface area contributed by atoms with Crippen LogP contribution in [0.3, 0.4) is 0 Å².